The molecule has 0 fully saturated rings. The second kappa shape index (κ2) is 8.71. The molecule has 0 aliphatic rings. The third kappa shape index (κ3) is 4.77. The molecule has 144 valence electrons. The van der Waals surface area contributed by atoms with Crippen LogP contribution in [0.1, 0.15) is 21.6 Å². The number of nitrogens with zero attached hydrogens (tertiary/aromatic N) is 1. The van der Waals surface area contributed by atoms with Crippen LogP contribution in [-0.2, 0) is 4.79 Å². The molecule has 2 aromatic carbocycles. The Hall–Kier alpha value is -3.13. The van der Waals surface area contributed by atoms with E-state index in [-0.39, 0.29) is 12.3 Å². The van der Waals surface area contributed by atoms with Gasteiger partial charge in [-0.1, -0.05) is 36.4 Å². The van der Waals surface area contributed by atoms with Gasteiger partial charge in [-0.05, 0) is 53.0 Å². The van der Waals surface area contributed by atoms with Crippen molar-refractivity contribution in [1.29, 1.82) is 0 Å². The molecule has 3 aromatic rings. The zero-order valence-electron chi connectivity index (χ0n) is 15.4. The van der Waals surface area contributed by atoms with Crippen LogP contribution >= 0.6 is 15.9 Å². The number of amides is 2. The average Bonchev–Trinajstić information content (AvgIpc) is 3.06. The van der Waals surface area contributed by atoms with Crippen molar-refractivity contribution in [2.45, 2.75) is 13.8 Å². The number of hydrogen-bond donors (Lipinski definition) is 3. The molecule has 7 nitrogen and oxygen atoms in total. The van der Waals surface area contributed by atoms with Crippen molar-refractivity contribution < 1.29 is 14.3 Å². The Labute approximate surface area is 170 Å². The fourth-order valence-electron chi connectivity index (χ4n) is 2.66. The molecule has 1 aromatic heterocycles. The van der Waals surface area contributed by atoms with Gasteiger partial charge in [0.25, 0.3) is 11.8 Å². The van der Waals surface area contributed by atoms with E-state index in [0.717, 1.165) is 16.7 Å². The van der Waals surface area contributed by atoms with Crippen LogP contribution in [-0.4, -0.2) is 28.6 Å². The summed E-state index contributed by atoms with van der Waals surface area (Å²) in [6.45, 7) is 3.68. The van der Waals surface area contributed by atoms with Gasteiger partial charge in [0.2, 0.25) is 0 Å². The van der Waals surface area contributed by atoms with Gasteiger partial charge < -0.3 is 4.74 Å². The summed E-state index contributed by atoms with van der Waals surface area (Å²) in [5.74, 6) is -0.407. The predicted octanol–water partition coefficient (Wildman–Crippen LogP) is 3.30. The minimum atomic E-state index is -0.527. The smallest absolute Gasteiger partial charge is 0.288 e. The highest BCUT2D eigenvalue weighted by atomic mass is 79.9. The molecule has 0 unspecified atom stereocenters. The molecule has 28 heavy (non-hydrogen) atoms. The number of aromatic nitrogens is 2. The van der Waals surface area contributed by atoms with Crippen LogP contribution in [0.4, 0.5) is 0 Å². The molecule has 0 bridgehead atoms. The van der Waals surface area contributed by atoms with E-state index in [1.807, 2.05) is 62.4 Å². The monoisotopic (exact) mass is 442 g/mol. The Balaban J connectivity index is 1.55. The van der Waals surface area contributed by atoms with Crippen molar-refractivity contribution in [1.82, 2.24) is 21.0 Å². The minimum absolute atomic E-state index is 0.203. The molecule has 0 aliphatic carbocycles. The number of benzene rings is 2. The van der Waals surface area contributed by atoms with Crippen LogP contribution in [0.5, 0.6) is 5.75 Å². The lowest BCUT2D eigenvalue weighted by Gasteiger charge is -2.09. The summed E-state index contributed by atoms with van der Waals surface area (Å²) in [7, 11) is 0. The van der Waals surface area contributed by atoms with Gasteiger partial charge in [-0.3, -0.25) is 25.5 Å². The van der Waals surface area contributed by atoms with Gasteiger partial charge in [0.1, 0.15) is 17.1 Å². The lowest BCUT2D eigenvalue weighted by molar-refractivity contribution is -0.123. The Morgan fingerprint density at radius 2 is 1.75 bits per heavy atom. The summed E-state index contributed by atoms with van der Waals surface area (Å²) < 4.78 is 5.97. The molecule has 0 atom stereocenters. The fraction of sp³-hybridized carbons (Fsp3) is 0.150. The van der Waals surface area contributed by atoms with Gasteiger partial charge in [-0.15, -0.1) is 0 Å². The molecule has 0 radical (unpaired) electrons. The predicted molar refractivity (Wildman–Crippen MR) is 109 cm³/mol. The molecule has 0 saturated carbocycles. The van der Waals surface area contributed by atoms with Crippen LogP contribution in [0.3, 0.4) is 0 Å². The van der Waals surface area contributed by atoms with Crippen LogP contribution in [0.15, 0.2) is 53.0 Å². The Morgan fingerprint density at radius 1 is 1.07 bits per heavy atom. The first-order valence-electron chi connectivity index (χ1n) is 8.53. The van der Waals surface area contributed by atoms with Gasteiger partial charge in [0.15, 0.2) is 6.61 Å². The number of carbonyl (C=O) groups is 2. The highest BCUT2D eigenvalue weighted by Crippen LogP contribution is 2.28. The summed E-state index contributed by atoms with van der Waals surface area (Å²) in [6.07, 6.45) is 0. The van der Waals surface area contributed by atoms with Gasteiger partial charge in [-0.2, -0.15) is 5.10 Å². The summed E-state index contributed by atoms with van der Waals surface area (Å²) >= 11 is 3.38. The van der Waals surface area contributed by atoms with Crippen LogP contribution in [0, 0.1) is 13.8 Å². The maximum atomic E-state index is 12.3. The standard InChI is InChI=1S/C20H19BrN4O3/c1-12-8-13(2)10-15(9-12)28-11-16(26)22-25-20(27)19-17(21)18(23-24-19)14-6-4-3-5-7-14/h3-10H,11H2,1-2H3,(H,22,26)(H,23,24)(H,25,27). The highest BCUT2D eigenvalue weighted by Gasteiger charge is 2.18. The van der Waals surface area contributed by atoms with Crippen molar-refractivity contribution in [3.05, 3.63) is 69.8 Å². The van der Waals surface area contributed by atoms with E-state index in [0.29, 0.717) is 15.9 Å². The van der Waals surface area contributed by atoms with Crippen LogP contribution in [0.2, 0.25) is 0 Å². The van der Waals surface area contributed by atoms with Gasteiger partial charge >= 0.3 is 0 Å². The quantitative estimate of drug-likeness (QED) is 0.528. The fourth-order valence-corrected chi connectivity index (χ4v) is 3.24. The Bertz CT molecular complexity index is 982. The van der Waals surface area contributed by atoms with Crippen molar-refractivity contribution >= 4 is 27.7 Å². The Kier molecular flexibility index (Phi) is 6.10. The molecule has 0 aliphatic heterocycles. The number of nitrogens with one attached hydrogen (secondary N) is 3. The molecule has 8 heteroatoms. The van der Waals surface area contributed by atoms with Crippen molar-refractivity contribution in [2.24, 2.45) is 0 Å². The molecule has 3 rings (SSSR count). The highest BCUT2D eigenvalue weighted by molar-refractivity contribution is 9.10. The van der Waals surface area contributed by atoms with E-state index in [4.69, 9.17) is 4.74 Å². The lowest BCUT2D eigenvalue weighted by Crippen LogP contribution is -2.44. The molecule has 0 saturated heterocycles. The number of halogens is 1. The van der Waals surface area contributed by atoms with E-state index < -0.39 is 11.8 Å². The number of H-pyrrole nitrogens is 1. The summed E-state index contributed by atoms with van der Waals surface area (Å²) in [5.41, 5.74) is 8.42. The molecule has 3 N–H and O–H groups in total. The van der Waals surface area contributed by atoms with E-state index in [1.54, 1.807) is 0 Å². The van der Waals surface area contributed by atoms with Crippen molar-refractivity contribution in [3.63, 3.8) is 0 Å². The number of hydrazine groups is 1. The third-order valence-electron chi connectivity index (χ3n) is 3.86. The summed E-state index contributed by atoms with van der Waals surface area (Å²) in [5, 5.41) is 6.83. The molecular weight excluding hydrogens is 424 g/mol. The zero-order valence-corrected chi connectivity index (χ0v) is 17.0. The van der Waals surface area contributed by atoms with Crippen LogP contribution in [0.25, 0.3) is 11.3 Å². The number of aryl methyl sites for hydroxylation is 2. The SMILES string of the molecule is Cc1cc(C)cc(OCC(=O)NNC(=O)c2[nH]nc(-c3ccccc3)c2Br)c1. The van der Waals surface area contributed by atoms with E-state index >= 15 is 0 Å². The van der Waals surface area contributed by atoms with Crippen LogP contribution < -0.4 is 15.6 Å². The molecule has 1 heterocycles. The maximum absolute atomic E-state index is 12.3. The number of carbonyl (C=O) groups excluding carboxylic acids is 2. The van der Waals surface area contributed by atoms with E-state index in [2.05, 4.69) is 37.0 Å². The van der Waals surface area contributed by atoms with E-state index in [9.17, 15) is 9.59 Å². The number of rotatable bonds is 5. The van der Waals surface area contributed by atoms with E-state index in [1.165, 1.54) is 0 Å². The number of ether oxygens (including phenoxy) is 1. The maximum Gasteiger partial charge on any atom is 0.288 e. The number of aromatic amines is 1. The third-order valence-corrected chi connectivity index (χ3v) is 4.63. The second-order valence-corrected chi connectivity index (χ2v) is 7.03. The second-order valence-electron chi connectivity index (χ2n) is 6.24. The Morgan fingerprint density at radius 3 is 2.43 bits per heavy atom. The van der Waals surface area contributed by atoms with Gasteiger partial charge in [-0.25, -0.2) is 0 Å². The molecule has 0 spiro atoms. The zero-order chi connectivity index (χ0) is 20.1. The largest absolute Gasteiger partial charge is 0.484 e. The summed E-state index contributed by atoms with van der Waals surface area (Å²) in [6, 6.07) is 15.1. The number of hydrogen-bond acceptors (Lipinski definition) is 4. The first kappa shape index (κ1) is 19.6. The van der Waals surface area contributed by atoms with Gasteiger partial charge in [0, 0.05) is 5.56 Å². The van der Waals surface area contributed by atoms with Gasteiger partial charge in [0.05, 0.1) is 4.47 Å². The lowest BCUT2D eigenvalue weighted by atomic mass is 10.1. The van der Waals surface area contributed by atoms with Crippen molar-refractivity contribution in [2.75, 3.05) is 6.61 Å². The molecule has 2 amide bonds. The topological polar surface area (TPSA) is 96.1 Å². The average molecular weight is 443 g/mol. The van der Waals surface area contributed by atoms with Crippen molar-refractivity contribution in [3.8, 4) is 17.0 Å². The first-order chi connectivity index (χ1) is 13.4. The molecular formula is C20H19BrN4O3. The minimum Gasteiger partial charge on any atom is -0.484 e. The summed E-state index contributed by atoms with van der Waals surface area (Å²) in [4.78, 5) is 24.3. The normalized spacial score (nSPS) is 10.4. The first-order valence-corrected chi connectivity index (χ1v) is 9.33.